The molecule has 1 heterocycles. The van der Waals surface area contributed by atoms with Crippen LogP contribution in [0, 0.1) is 11.3 Å². The molecule has 0 atom stereocenters. The van der Waals surface area contributed by atoms with Gasteiger partial charge in [0.2, 0.25) is 17.5 Å². The number of nitriles is 1. The Morgan fingerprint density at radius 1 is 0.914 bits per heavy atom. The Morgan fingerprint density at radius 2 is 1.57 bits per heavy atom. The predicted octanol–water partition coefficient (Wildman–Crippen LogP) is 6.76. The summed E-state index contributed by atoms with van der Waals surface area (Å²) in [6.07, 6.45) is 0. The molecule has 0 unspecified atom stereocenters. The Morgan fingerprint density at radius 3 is 2.17 bits per heavy atom. The third kappa shape index (κ3) is 5.56. The molecule has 1 N–H and O–H groups in total. The molecule has 3 aromatic carbocycles. The second-order valence-electron chi connectivity index (χ2n) is 8.20. The van der Waals surface area contributed by atoms with Crippen LogP contribution < -0.4 is 19.5 Å². The Bertz CT molecular complexity index is 1320. The highest BCUT2D eigenvalue weighted by Crippen LogP contribution is 2.33. The quantitative estimate of drug-likeness (QED) is 0.290. The van der Waals surface area contributed by atoms with E-state index in [1.165, 1.54) is 5.56 Å². The van der Waals surface area contributed by atoms with E-state index in [0.29, 0.717) is 41.3 Å². The van der Waals surface area contributed by atoms with Gasteiger partial charge in [-0.05, 0) is 59.5 Å². The standard InChI is InChI=1S/C28H27N3O4/c1-18(2)20-7-12-23(13-8-20)34-22-10-5-19(6-11-22)17-30-28-24(16-29)31-27(35-28)21-9-14-25(32-3)26(15-21)33-4/h5-15,18,30H,17H2,1-4H3. The van der Waals surface area contributed by atoms with Crippen molar-refractivity contribution >= 4 is 5.88 Å². The lowest BCUT2D eigenvalue weighted by molar-refractivity contribution is 0.355. The summed E-state index contributed by atoms with van der Waals surface area (Å²) in [7, 11) is 3.13. The molecule has 0 aliphatic rings. The summed E-state index contributed by atoms with van der Waals surface area (Å²) >= 11 is 0. The molecule has 7 heteroatoms. The van der Waals surface area contributed by atoms with E-state index in [9.17, 15) is 5.26 Å². The highest BCUT2D eigenvalue weighted by Gasteiger charge is 2.16. The third-order valence-corrected chi connectivity index (χ3v) is 5.52. The summed E-state index contributed by atoms with van der Waals surface area (Å²) < 4.78 is 22.4. The zero-order valence-electron chi connectivity index (χ0n) is 20.2. The van der Waals surface area contributed by atoms with Gasteiger partial charge >= 0.3 is 0 Å². The summed E-state index contributed by atoms with van der Waals surface area (Å²) in [5.41, 5.74) is 3.13. The highest BCUT2D eigenvalue weighted by atomic mass is 16.5. The predicted molar refractivity (Wildman–Crippen MR) is 134 cm³/mol. The van der Waals surface area contributed by atoms with Crippen LogP contribution in [0.15, 0.2) is 71.1 Å². The van der Waals surface area contributed by atoms with E-state index in [1.54, 1.807) is 32.4 Å². The second kappa shape index (κ2) is 10.7. The number of anilines is 1. The van der Waals surface area contributed by atoms with Crippen LogP contribution in [0.3, 0.4) is 0 Å². The first-order chi connectivity index (χ1) is 17.0. The van der Waals surface area contributed by atoms with Crippen molar-refractivity contribution in [2.75, 3.05) is 19.5 Å². The van der Waals surface area contributed by atoms with Crippen molar-refractivity contribution in [1.29, 1.82) is 5.26 Å². The van der Waals surface area contributed by atoms with Crippen molar-refractivity contribution in [2.45, 2.75) is 26.3 Å². The number of rotatable bonds is 9. The zero-order valence-corrected chi connectivity index (χ0v) is 20.2. The fraction of sp³-hybridized carbons (Fsp3) is 0.214. The van der Waals surface area contributed by atoms with Crippen LogP contribution in [-0.2, 0) is 6.54 Å². The fourth-order valence-corrected chi connectivity index (χ4v) is 3.52. The molecule has 0 bridgehead atoms. The van der Waals surface area contributed by atoms with Gasteiger partial charge in [0.05, 0.1) is 14.2 Å². The monoisotopic (exact) mass is 469 g/mol. The minimum Gasteiger partial charge on any atom is -0.493 e. The van der Waals surface area contributed by atoms with E-state index in [4.69, 9.17) is 18.6 Å². The summed E-state index contributed by atoms with van der Waals surface area (Å²) in [5.74, 6) is 3.80. The molecular weight excluding hydrogens is 442 g/mol. The summed E-state index contributed by atoms with van der Waals surface area (Å²) in [4.78, 5) is 4.31. The number of oxazole rings is 1. The Hall–Kier alpha value is -4.44. The first-order valence-electron chi connectivity index (χ1n) is 11.2. The lowest BCUT2D eigenvalue weighted by atomic mass is 10.0. The molecule has 0 saturated carbocycles. The average molecular weight is 470 g/mol. The maximum Gasteiger partial charge on any atom is 0.232 e. The van der Waals surface area contributed by atoms with Gasteiger partial charge in [-0.1, -0.05) is 38.1 Å². The first-order valence-corrected chi connectivity index (χ1v) is 11.2. The highest BCUT2D eigenvalue weighted by molar-refractivity contribution is 5.63. The maximum atomic E-state index is 9.51. The van der Waals surface area contributed by atoms with Gasteiger partial charge in [-0.15, -0.1) is 0 Å². The largest absolute Gasteiger partial charge is 0.493 e. The number of nitrogens with one attached hydrogen (secondary N) is 1. The molecule has 0 radical (unpaired) electrons. The van der Waals surface area contributed by atoms with Crippen LogP contribution in [0.4, 0.5) is 5.88 Å². The van der Waals surface area contributed by atoms with E-state index < -0.39 is 0 Å². The molecule has 0 aliphatic heterocycles. The normalized spacial score (nSPS) is 10.6. The van der Waals surface area contributed by atoms with Crippen LogP contribution >= 0.6 is 0 Å². The molecule has 0 saturated heterocycles. The molecule has 7 nitrogen and oxygen atoms in total. The SMILES string of the molecule is COc1ccc(-c2nc(C#N)c(NCc3ccc(Oc4ccc(C(C)C)cc4)cc3)o2)cc1OC. The number of nitrogens with zero attached hydrogens (tertiary/aromatic N) is 2. The van der Waals surface area contributed by atoms with Crippen molar-refractivity contribution in [3.8, 4) is 40.5 Å². The Balaban J connectivity index is 1.42. The van der Waals surface area contributed by atoms with Crippen LogP contribution in [0.5, 0.6) is 23.0 Å². The van der Waals surface area contributed by atoms with Gasteiger partial charge < -0.3 is 23.9 Å². The molecule has 4 aromatic rings. The molecule has 0 amide bonds. The Labute approximate surface area is 204 Å². The van der Waals surface area contributed by atoms with Crippen LogP contribution in [0.25, 0.3) is 11.5 Å². The fourth-order valence-electron chi connectivity index (χ4n) is 3.52. The number of ether oxygens (including phenoxy) is 3. The summed E-state index contributed by atoms with van der Waals surface area (Å²) in [6.45, 7) is 4.79. The molecule has 178 valence electrons. The van der Waals surface area contributed by atoms with Gasteiger partial charge in [0, 0.05) is 12.1 Å². The lowest BCUT2D eigenvalue weighted by Gasteiger charge is -2.09. The minimum absolute atomic E-state index is 0.180. The van der Waals surface area contributed by atoms with Crippen molar-refractivity contribution < 1.29 is 18.6 Å². The summed E-state index contributed by atoms with van der Waals surface area (Å²) in [5, 5.41) is 12.7. The molecule has 0 spiro atoms. The molecule has 0 fully saturated rings. The van der Waals surface area contributed by atoms with Crippen molar-refractivity contribution in [3.05, 3.63) is 83.6 Å². The van der Waals surface area contributed by atoms with E-state index in [2.05, 4.69) is 42.4 Å². The number of hydrogen-bond donors (Lipinski definition) is 1. The molecule has 0 aliphatic carbocycles. The minimum atomic E-state index is 0.180. The van der Waals surface area contributed by atoms with Crippen LogP contribution in [-0.4, -0.2) is 19.2 Å². The molecule has 4 rings (SSSR count). The molecular formula is C28H27N3O4. The second-order valence-corrected chi connectivity index (χ2v) is 8.20. The van der Waals surface area contributed by atoms with Crippen molar-refractivity contribution in [1.82, 2.24) is 4.98 Å². The van der Waals surface area contributed by atoms with Gasteiger partial charge in [0.15, 0.2) is 11.5 Å². The van der Waals surface area contributed by atoms with Gasteiger partial charge in [0.1, 0.15) is 17.6 Å². The van der Waals surface area contributed by atoms with Crippen LogP contribution in [0.1, 0.15) is 36.6 Å². The van der Waals surface area contributed by atoms with Crippen LogP contribution in [0.2, 0.25) is 0 Å². The average Bonchev–Trinajstić information content (AvgIpc) is 3.31. The number of benzene rings is 3. The van der Waals surface area contributed by atoms with Crippen molar-refractivity contribution in [3.63, 3.8) is 0 Å². The number of methoxy groups -OCH3 is 2. The van der Waals surface area contributed by atoms with Gasteiger partial charge in [-0.2, -0.15) is 10.2 Å². The topological polar surface area (TPSA) is 89.5 Å². The third-order valence-electron chi connectivity index (χ3n) is 5.52. The van der Waals surface area contributed by atoms with E-state index >= 15 is 0 Å². The van der Waals surface area contributed by atoms with Gasteiger partial charge in [-0.25, -0.2) is 0 Å². The summed E-state index contributed by atoms with van der Waals surface area (Å²) in [6, 6.07) is 23.3. The number of hydrogen-bond acceptors (Lipinski definition) is 7. The zero-order chi connectivity index (χ0) is 24.8. The van der Waals surface area contributed by atoms with Gasteiger partial charge in [-0.3, -0.25) is 0 Å². The van der Waals surface area contributed by atoms with E-state index in [1.807, 2.05) is 36.4 Å². The molecule has 35 heavy (non-hydrogen) atoms. The maximum absolute atomic E-state index is 9.51. The first kappa shape index (κ1) is 23.7. The van der Waals surface area contributed by atoms with E-state index in [0.717, 1.165) is 17.1 Å². The number of aromatic nitrogens is 1. The van der Waals surface area contributed by atoms with Gasteiger partial charge in [0.25, 0.3) is 0 Å². The smallest absolute Gasteiger partial charge is 0.232 e. The Kier molecular flexibility index (Phi) is 7.22. The van der Waals surface area contributed by atoms with Crippen molar-refractivity contribution in [2.24, 2.45) is 0 Å². The lowest BCUT2D eigenvalue weighted by Crippen LogP contribution is -1.99. The molecule has 1 aromatic heterocycles. The van der Waals surface area contributed by atoms with E-state index in [-0.39, 0.29) is 5.69 Å².